The third-order valence-electron chi connectivity index (χ3n) is 2.16. The lowest BCUT2D eigenvalue weighted by Crippen LogP contribution is -2.14. The molecule has 2 N–H and O–H groups in total. The predicted octanol–water partition coefficient (Wildman–Crippen LogP) is 1.23. The predicted molar refractivity (Wildman–Crippen MR) is 57.0 cm³/mol. The van der Waals surface area contributed by atoms with Gasteiger partial charge in [0, 0.05) is 18.6 Å². The summed E-state index contributed by atoms with van der Waals surface area (Å²) in [4.78, 5) is 12.4. The van der Waals surface area contributed by atoms with Crippen molar-refractivity contribution in [3.63, 3.8) is 0 Å². The fraction of sp³-hybridized carbons (Fsp3) is 0.182. The van der Waals surface area contributed by atoms with Gasteiger partial charge in [-0.05, 0) is 18.6 Å². The zero-order valence-corrected chi connectivity index (χ0v) is 8.46. The van der Waals surface area contributed by atoms with E-state index in [4.69, 9.17) is 5.73 Å². The third kappa shape index (κ3) is 2.16. The van der Waals surface area contributed by atoms with E-state index in [1.807, 2.05) is 19.1 Å². The molecule has 1 atom stereocenters. The van der Waals surface area contributed by atoms with Gasteiger partial charge in [-0.15, -0.1) is 0 Å². The molecule has 0 aliphatic carbocycles. The Morgan fingerprint density at radius 2 is 2.07 bits per heavy atom. The molecule has 4 nitrogen and oxygen atoms in total. The maximum absolute atomic E-state index is 6.02. The van der Waals surface area contributed by atoms with Crippen LogP contribution >= 0.6 is 0 Å². The first-order valence-electron chi connectivity index (χ1n) is 4.71. The van der Waals surface area contributed by atoms with Crippen molar-refractivity contribution >= 4 is 0 Å². The molecule has 0 bridgehead atoms. The number of aryl methyl sites for hydroxylation is 1. The first-order chi connectivity index (χ1) is 7.27. The molecule has 76 valence electrons. The Balaban J connectivity index is 2.29. The Morgan fingerprint density at radius 3 is 2.67 bits per heavy atom. The van der Waals surface area contributed by atoms with Gasteiger partial charge in [-0.3, -0.25) is 15.0 Å². The van der Waals surface area contributed by atoms with Gasteiger partial charge in [0.05, 0.1) is 23.6 Å². The number of hydrogen-bond acceptors (Lipinski definition) is 4. The Kier molecular flexibility index (Phi) is 2.69. The molecule has 0 fully saturated rings. The van der Waals surface area contributed by atoms with Gasteiger partial charge in [0.1, 0.15) is 0 Å². The SMILES string of the molecule is Cc1cnc(C(N)c2cccnc2)cn1. The van der Waals surface area contributed by atoms with Crippen LogP contribution in [0.2, 0.25) is 0 Å². The van der Waals surface area contributed by atoms with Crippen LogP contribution in [-0.2, 0) is 0 Å². The summed E-state index contributed by atoms with van der Waals surface area (Å²) >= 11 is 0. The van der Waals surface area contributed by atoms with E-state index >= 15 is 0 Å². The van der Waals surface area contributed by atoms with Gasteiger partial charge < -0.3 is 5.73 Å². The van der Waals surface area contributed by atoms with Gasteiger partial charge in [0.25, 0.3) is 0 Å². The summed E-state index contributed by atoms with van der Waals surface area (Å²) in [5.74, 6) is 0. The summed E-state index contributed by atoms with van der Waals surface area (Å²) in [5.41, 5.74) is 8.61. The average molecular weight is 200 g/mol. The van der Waals surface area contributed by atoms with Crippen molar-refractivity contribution in [3.05, 3.63) is 53.9 Å². The van der Waals surface area contributed by atoms with Crippen LogP contribution in [0.1, 0.15) is 23.0 Å². The van der Waals surface area contributed by atoms with Crippen LogP contribution in [-0.4, -0.2) is 15.0 Å². The fourth-order valence-corrected chi connectivity index (χ4v) is 1.29. The first kappa shape index (κ1) is 9.73. The lowest BCUT2D eigenvalue weighted by molar-refractivity contribution is 0.808. The molecule has 1 unspecified atom stereocenters. The van der Waals surface area contributed by atoms with E-state index in [-0.39, 0.29) is 6.04 Å². The van der Waals surface area contributed by atoms with Crippen LogP contribution in [0.25, 0.3) is 0 Å². The van der Waals surface area contributed by atoms with E-state index in [9.17, 15) is 0 Å². The summed E-state index contributed by atoms with van der Waals surface area (Å²) < 4.78 is 0. The standard InChI is InChI=1S/C11H12N4/c1-8-5-15-10(7-14-8)11(12)9-3-2-4-13-6-9/h2-7,11H,12H2,1H3. The molecule has 0 saturated heterocycles. The van der Waals surface area contributed by atoms with Crippen molar-refractivity contribution in [2.45, 2.75) is 13.0 Å². The van der Waals surface area contributed by atoms with Crippen LogP contribution in [0.3, 0.4) is 0 Å². The van der Waals surface area contributed by atoms with Crippen molar-refractivity contribution in [1.29, 1.82) is 0 Å². The Morgan fingerprint density at radius 1 is 1.20 bits per heavy atom. The van der Waals surface area contributed by atoms with E-state index in [0.29, 0.717) is 0 Å². The molecular weight excluding hydrogens is 188 g/mol. The van der Waals surface area contributed by atoms with Crippen LogP contribution in [0.15, 0.2) is 36.9 Å². The molecule has 0 amide bonds. The highest BCUT2D eigenvalue weighted by Gasteiger charge is 2.09. The smallest absolute Gasteiger partial charge is 0.0800 e. The van der Waals surface area contributed by atoms with Gasteiger partial charge >= 0.3 is 0 Å². The summed E-state index contributed by atoms with van der Waals surface area (Å²) in [6, 6.07) is 3.53. The topological polar surface area (TPSA) is 64.7 Å². The zero-order valence-electron chi connectivity index (χ0n) is 8.46. The van der Waals surface area contributed by atoms with Gasteiger partial charge in [0.2, 0.25) is 0 Å². The van der Waals surface area contributed by atoms with Gasteiger partial charge in [-0.25, -0.2) is 0 Å². The second-order valence-corrected chi connectivity index (χ2v) is 3.35. The van der Waals surface area contributed by atoms with Crippen molar-refractivity contribution in [2.75, 3.05) is 0 Å². The van der Waals surface area contributed by atoms with Crippen LogP contribution < -0.4 is 5.73 Å². The number of nitrogens with zero attached hydrogens (tertiary/aromatic N) is 3. The first-order valence-corrected chi connectivity index (χ1v) is 4.71. The van der Waals surface area contributed by atoms with E-state index in [2.05, 4.69) is 15.0 Å². The molecule has 0 radical (unpaired) electrons. The monoisotopic (exact) mass is 200 g/mol. The van der Waals surface area contributed by atoms with E-state index < -0.39 is 0 Å². The van der Waals surface area contributed by atoms with Crippen LogP contribution in [0.5, 0.6) is 0 Å². The van der Waals surface area contributed by atoms with Gasteiger partial charge in [-0.1, -0.05) is 6.07 Å². The maximum Gasteiger partial charge on any atom is 0.0800 e. The minimum absolute atomic E-state index is 0.258. The minimum atomic E-state index is -0.258. The molecule has 4 heteroatoms. The molecule has 2 aromatic rings. The largest absolute Gasteiger partial charge is 0.319 e. The average Bonchev–Trinajstić information content (AvgIpc) is 2.30. The highest BCUT2D eigenvalue weighted by Crippen LogP contribution is 2.15. The molecule has 0 aromatic carbocycles. The summed E-state index contributed by atoms with van der Waals surface area (Å²) in [6.45, 7) is 1.90. The molecule has 0 aliphatic heterocycles. The molecule has 2 rings (SSSR count). The zero-order chi connectivity index (χ0) is 10.7. The number of aromatic nitrogens is 3. The summed E-state index contributed by atoms with van der Waals surface area (Å²) in [7, 11) is 0. The normalized spacial score (nSPS) is 12.4. The van der Waals surface area contributed by atoms with Gasteiger partial charge in [-0.2, -0.15) is 0 Å². The van der Waals surface area contributed by atoms with Crippen molar-refractivity contribution in [3.8, 4) is 0 Å². The Hall–Kier alpha value is -1.81. The molecule has 2 aromatic heterocycles. The molecule has 0 spiro atoms. The second kappa shape index (κ2) is 4.14. The van der Waals surface area contributed by atoms with Crippen LogP contribution in [0, 0.1) is 6.92 Å². The van der Waals surface area contributed by atoms with Gasteiger partial charge in [0.15, 0.2) is 0 Å². The summed E-state index contributed by atoms with van der Waals surface area (Å²) in [5, 5.41) is 0. The highest BCUT2D eigenvalue weighted by molar-refractivity contribution is 5.22. The molecule has 0 aliphatic rings. The van der Waals surface area contributed by atoms with E-state index in [1.54, 1.807) is 24.8 Å². The van der Waals surface area contributed by atoms with E-state index in [1.165, 1.54) is 0 Å². The third-order valence-corrected chi connectivity index (χ3v) is 2.16. The summed E-state index contributed by atoms with van der Waals surface area (Å²) in [6.07, 6.45) is 6.88. The number of rotatable bonds is 2. The van der Waals surface area contributed by atoms with E-state index in [0.717, 1.165) is 17.0 Å². The lowest BCUT2D eigenvalue weighted by atomic mass is 10.1. The van der Waals surface area contributed by atoms with Crippen LogP contribution in [0.4, 0.5) is 0 Å². The molecular formula is C11H12N4. The quantitative estimate of drug-likeness (QED) is 0.791. The fourth-order valence-electron chi connectivity index (χ4n) is 1.29. The number of nitrogens with two attached hydrogens (primary N) is 1. The minimum Gasteiger partial charge on any atom is -0.319 e. The lowest BCUT2D eigenvalue weighted by Gasteiger charge is -2.10. The molecule has 0 saturated carbocycles. The van der Waals surface area contributed by atoms with Crippen molar-refractivity contribution < 1.29 is 0 Å². The molecule has 15 heavy (non-hydrogen) atoms. The number of pyridine rings is 1. The maximum atomic E-state index is 6.02. The molecule has 2 heterocycles. The Bertz CT molecular complexity index is 424. The highest BCUT2D eigenvalue weighted by atomic mass is 14.8. The number of hydrogen-bond donors (Lipinski definition) is 1. The van der Waals surface area contributed by atoms with Crippen molar-refractivity contribution in [1.82, 2.24) is 15.0 Å². The second-order valence-electron chi connectivity index (χ2n) is 3.35. The van der Waals surface area contributed by atoms with Crippen molar-refractivity contribution in [2.24, 2.45) is 5.73 Å². The Labute approximate surface area is 88.2 Å².